The van der Waals surface area contributed by atoms with Crippen LogP contribution < -0.4 is 11.1 Å². The topological polar surface area (TPSA) is 84.5 Å². The molecule has 0 bridgehead atoms. The fraction of sp³-hybridized carbons (Fsp3) is 0.857. The highest BCUT2D eigenvalue weighted by Gasteiger charge is 2.29. The van der Waals surface area contributed by atoms with E-state index >= 15 is 0 Å². The number of aliphatic imine (C=N–C) groups is 1. The molecule has 0 unspecified atom stereocenters. The number of sulfone groups is 1. The average Bonchev–Trinajstić information content (AvgIpc) is 1.98. The summed E-state index contributed by atoms with van der Waals surface area (Å²) in [5.74, 6) is 0.247. The molecule has 0 aromatic carbocycles. The van der Waals surface area contributed by atoms with Crippen molar-refractivity contribution in [2.24, 2.45) is 10.7 Å². The molecule has 3 N–H and O–H groups in total. The first-order chi connectivity index (χ1) is 5.70. The van der Waals surface area contributed by atoms with Crippen molar-refractivity contribution in [2.45, 2.75) is 18.6 Å². The van der Waals surface area contributed by atoms with E-state index in [4.69, 9.17) is 5.73 Å². The lowest BCUT2D eigenvalue weighted by molar-refractivity contribution is 0.546. The van der Waals surface area contributed by atoms with Crippen molar-refractivity contribution in [3.05, 3.63) is 0 Å². The van der Waals surface area contributed by atoms with Gasteiger partial charge in [-0.1, -0.05) is 0 Å². The lowest BCUT2D eigenvalue weighted by atomic mass is 10.2. The Hall–Kier alpha value is -0.780. The van der Waals surface area contributed by atoms with Crippen LogP contribution in [-0.4, -0.2) is 39.0 Å². The van der Waals surface area contributed by atoms with Crippen LogP contribution in [0.25, 0.3) is 0 Å². The van der Waals surface area contributed by atoms with E-state index in [-0.39, 0.29) is 12.5 Å². The third kappa shape index (κ3) is 3.63. The first-order valence-electron chi connectivity index (χ1n) is 3.86. The summed E-state index contributed by atoms with van der Waals surface area (Å²) in [5, 5.41) is 2.73. The number of nitrogens with one attached hydrogen (secondary N) is 1. The number of nitrogens with zero attached hydrogens (tertiary/aromatic N) is 1. The first-order valence-corrected chi connectivity index (χ1v) is 5.75. The molecule has 6 heteroatoms. The van der Waals surface area contributed by atoms with Gasteiger partial charge in [-0.2, -0.15) is 0 Å². The molecule has 5 nitrogen and oxygen atoms in total. The molecule has 78 valence electrons. The van der Waals surface area contributed by atoms with E-state index < -0.39 is 14.6 Å². The van der Waals surface area contributed by atoms with E-state index in [2.05, 4.69) is 10.3 Å². The maximum Gasteiger partial charge on any atom is 0.188 e. The standard InChI is InChI=1S/C7H17N3O2S/c1-7(2,13(4,11)12)5-10-6(8)9-3/h5H2,1-4H3,(H3,8,9,10). The summed E-state index contributed by atoms with van der Waals surface area (Å²) in [6.07, 6.45) is 1.20. The largest absolute Gasteiger partial charge is 0.370 e. The molecular weight excluding hydrogens is 190 g/mol. The number of nitrogens with two attached hydrogens (primary N) is 1. The van der Waals surface area contributed by atoms with Crippen LogP contribution in [0.1, 0.15) is 13.8 Å². The second-order valence-corrected chi connectivity index (χ2v) is 6.14. The number of guanidine groups is 1. The SMILES string of the molecule is CN=C(N)NCC(C)(C)S(C)(=O)=O. The summed E-state index contributed by atoms with van der Waals surface area (Å²) in [4.78, 5) is 3.66. The Morgan fingerprint density at radius 1 is 1.54 bits per heavy atom. The van der Waals surface area contributed by atoms with Gasteiger partial charge in [-0.05, 0) is 13.8 Å². The zero-order chi connectivity index (χ0) is 10.7. The highest BCUT2D eigenvalue weighted by molar-refractivity contribution is 7.92. The molecule has 0 spiro atoms. The molecule has 0 aliphatic carbocycles. The third-order valence-electron chi connectivity index (χ3n) is 1.94. The van der Waals surface area contributed by atoms with E-state index in [0.29, 0.717) is 0 Å². The Bertz CT molecular complexity index is 293. The molecular formula is C7H17N3O2S. The second-order valence-electron chi connectivity index (χ2n) is 3.49. The summed E-state index contributed by atoms with van der Waals surface area (Å²) in [5.41, 5.74) is 5.37. The minimum Gasteiger partial charge on any atom is -0.370 e. The molecule has 0 saturated heterocycles. The van der Waals surface area contributed by atoms with Crippen molar-refractivity contribution >= 4 is 15.8 Å². The first kappa shape index (κ1) is 12.2. The van der Waals surface area contributed by atoms with E-state index in [1.165, 1.54) is 13.3 Å². The molecule has 13 heavy (non-hydrogen) atoms. The van der Waals surface area contributed by atoms with Gasteiger partial charge in [0.1, 0.15) is 0 Å². The van der Waals surface area contributed by atoms with E-state index in [1.807, 2.05) is 0 Å². The van der Waals surface area contributed by atoms with E-state index in [9.17, 15) is 8.42 Å². The van der Waals surface area contributed by atoms with Crippen LogP contribution in [0, 0.1) is 0 Å². The molecule has 0 aromatic heterocycles. The minimum absolute atomic E-state index is 0.247. The summed E-state index contributed by atoms with van der Waals surface area (Å²) >= 11 is 0. The van der Waals surface area contributed by atoms with Gasteiger partial charge in [0.2, 0.25) is 0 Å². The van der Waals surface area contributed by atoms with Crippen molar-refractivity contribution in [2.75, 3.05) is 19.8 Å². The zero-order valence-electron chi connectivity index (χ0n) is 8.46. The zero-order valence-corrected chi connectivity index (χ0v) is 9.27. The highest BCUT2D eigenvalue weighted by Crippen LogP contribution is 2.12. The fourth-order valence-corrected chi connectivity index (χ4v) is 0.848. The highest BCUT2D eigenvalue weighted by atomic mass is 32.2. The van der Waals surface area contributed by atoms with Gasteiger partial charge in [0.05, 0.1) is 4.75 Å². The van der Waals surface area contributed by atoms with Gasteiger partial charge in [-0.25, -0.2) is 8.42 Å². The van der Waals surface area contributed by atoms with E-state index in [0.717, 1.165) is 0 Å². The minimum atomic E-state index is -3.08. The molecule has 0 rings (SSSR count). The second kappa shape index (κ2) is 3.95. The Balaban J connectivity index is 4.38. The monoisotopic (exact) mass is 207 g/mol. The number of hydrogen-bond donors (Lipinski definition) is 2. The van der Waals surface area contributed by atoms with E-state index in [1.54, 1.807) is 13.8 Å². The number of rotatable bonds is 3. The quantitative estimate of drug-likeness (QED) is 0.475. The molecule has 0 amide bonds. The third-order valence-corrected chi connectivity index (χ3v) is 4.09. The Kier molecular flexibility index (Phi) is 3.71. The van der Waals surface area contributed by atoms with Crippen molar-refractivity contribution in [1.82, 2.24) is 5.32 Å². The van der Waals surface area contributed by atoms with Crippen LogP contribution in [0.3, 0.4) is 0 Å². The smallest absolute Gasteiger partial charge is 0.188 e. The van der Waals surface area contributed by atoms with Crippen LogP contribution in [0.15, 0.2) is 4.99 Å². The molecule has 0 aliphatic rings. The predicted molar refractivity (Wildman–Crippen MR) is 54.5 cm³/mol. The average molecular weight is 207 g/mol. The van der Waals surface area contributed by atoms with Gasteiger partial charge in [-0.3, -0.25) is 4.99 Å². The summed E-state index contributed by atoms with van der Waals surface area (Å²) in [6.45, 7) is 3.53. The van der Waals surface area contributed by atoms with Crippen molar-refractivity contribution in [3.8, 4) is 0 Å². The van der Waals surface area contributed by atoms with Gasteiger partial charge < -0.3 is 11.1 Å². The molecule has 0 aromatic rings. The lowest BCUT2D eigenvalue weighted by Gasteiger charge is -2.22. The van der Waals surface area contributed by atoms with Gasteiger partial charge in [0.25, 0.3) is 0 Å². The van der Waals surface area contributed by atoms with Gasteiger partial charge in [-0.15, -0.1) is 0 Å². The van der Waals surface area contributed by atoms with Crippen molar-refractivity contribution in [1.29, 1.82) is 0 Å². The van der Waals surface area contributed by atoms with Crippen LogP contribution in [0.2, 0.25) is 0 Å². The molecule has 0 saturated carbocycles. The maximum atomic E-state index is 11.2. The van der Waals surface area contributed by atoms with Crippen LogP contribution in [-0.2, 0) is 9.84 Å². The van der Waals surface area contributed by atoms with Crippen molar-refractivity contribution < 1.29 is 8.42 Å². The van der Waals surface area contributed by atoms with Crippen LogP contribution in [0.5, 0.6) is 0 Å². The summed E-state index contributed by atoms with van der Waals surface area (Å²) < 4.78 is 21.6. The molecule has 0 radical (unpaired) electrons. The van der Waals surface area contributed by atoms with Crippen LogP contribution >= 0.6 is 0 Å². The van der Waals surface area contributed by atoms with Crippen molar-refractivity contribution in [3.63, 3.8) is 0 Å². The Morgan fingerprint density at radius 2 is 2.00 bits per heavy atom. The lowest BCUT2D eigenvalue weighted by Crippen LogP contribution is -2.46. The molecule has 0 fully saturated rings. The molecule has 0 aliphatic heterocycles. The summed E-state index contributed by atoms with van der Waals surface area (Å²) in [6, 6.07) is 0. The normalized spacial score (nSPS) is 14.3. The van der Waals surface area contributed by atoms with Gasteiger partial charge in [0.15, 0.2) is 15.8 Å². The predicted octanol–water partition coefficient (Wildman–Crippen LogP) is -0.656. The number of hydrogen-bond acceptors (Lipinski definition) is 3. The van der Waals surface area contributed by atoms with Gasteiger partial charge >= 0.3 is 0 Å². The summed E-state index contributed by atoms with van der Waals surface area (Å²) in [7, 11) is -1.54. The maximum absolute atomic E-state index is 11.2. The van der Waals surface area contributed by atoms with Gasteiger partial charge in [0, 0.05) is 19.8 Å². The Morgan fingerprint density at radius 3 is 2.31 bits per heavy atom. The molecule has 0 heterocycles. The molecule has 0 atom stereocenters. The van der Waals surface area contributed by atoms with Crippen LogP contribution in [0.4, 0.5) is 0 Å². The Labute approximate surface area is 79.3 Å². The fourth-order valence-electron chi connectivity index (χ4n) is 0.514.